The van der Waals surface area contributed by atoms with Gasteiger partial charge in [0.1, 0.15) is 5.69 Å². The molecule has 0 saturated heterocycles. The van der Waals surface area contributed by atoms with Gasteiger partial charge in [-0.25, -0.2) is 9.07 Å². The van der Waals surface area contributed by atoms with Crippen LogP contribution in [0.5, 0.6) is 0 Å². The topological polar surface area (TPSA) is 72.7 Å². The first-order chi connectivity index (χ1) is 11.6. The second-order valence-electron chi connectivity index (χ2n) is 4.99. The predicted molar refractivity (Wildman–Crippen MR) is 86.6 cm³/mol. The Hall–Kier alpha value is -2.80. The Morgan fingerprint density at radius 2 is 2.17 bits per heavy atom. The molecule has 0 aliphatic heterocycles. The van der Waals surface area contributed by atoms with Gasteiger partial charge in [-0.2, -0.15) is 0 Å². The summed E-state index contributed by atoms with van der Waals surface area (Å²) < 4.78 is 15.1. The maximum absolute atomic E-state index is 14.0. The highest BCUT2D eigenvalue weighted by molar-refractivity contribution is 6.30. The monoisotopic (exact) mass is 345 g/mol. The lowest BCUT2D eigenvalue weighted by Crippen LogP contribution is -2.26. The van der Waals surface area contributed by atoms with Crippen LogP contribution in [0.1, 0.15) is 16.1 Å². The first-order valence-electron chi connectivity index (χ1n) is 7.19. The van der Waals surface area contributed by atoms with Crippen molar-refractivity contribution in [1.82, 2.24) is 25.3 Å². The fourth-order valence-corrected chi connectivity index (χ4v) is 2.28. The zero-order valence-electron chi connectivity index (χ0n) is 12.5. The molecule has 24 heavy (non-hydrogen) atoms. The minimum atomic E-state index is -0.618. The van der Waals surface area contributed by atoms with Gasteiger partial charge in [-0.3, -0.25) is 9.78 Å². The molecule has 0 fully saturated rings. The average Bonchev–Trinajstić information content (AvgIpc) is 3.08. The molecule has 0 atom stereocenters. The van der Waals surface area contributed by atoms with Crippen molar-refractivity contribution < 1.29 is 9.18 Å². The van der Waals surface area contributed by atoms with Crippen molar-refractivity contribution >= 4 is 17.5 Å². The molecule has 1 N–H and O–H groups in total. The molecule has 6 nitrogen and oxygen atoms in total. The van der Waals surface area contributed by atoms with Gasteiger partial charge in [0, 0.05) is 18.9 Å². The van der Waals surface area contributed by atoms with Gasteiger partial charge in [0.2, 0.25) is 0 Å². The zero-order chi connectivity index (χ0) is 16.9. The number of nitrogens with one attached hydrogen (secondary N) is 1. The molecule has 8 heteroatoms. The summed E-state index contributed by atoms with van der Waals surface area (Å²) >= 11 is 5.74. The molecule has 1 amide bonds. The highest BCUT2D eigenvalue weighted by Gasteiger charge is 2.14. The fourth-order valence-electron chi connectivity index (χ4n) is 2.11. The van der Waals surface area contributed by atoms with E-state index in [1.807, 2.05) is 12.1 Å². The van der Waals surface area contributed by atoms with E-state index in [1.165, 1.54) is 23.0 Å². The standard InChI is InChI=1S/C16H13ClFN5O/c17-12-4-1-5-14(15(12)18)23-10-13(21-22-23)16(24)20-8-6-11-3-2-7-19-9-11/h1-5,7,9-10H,6,8H2,(H,20,24). The number of pyridine rings is 1. The van der Waals surface area contributed by atoms with Crippen LogP contribution in [-0.4, -0.2) is 32.4 Å². The number of hydrogen-bond acceptors (Lipinski definition) is 4. The molecule has 3 rings (SSSR count). The Kier molecular flexibility index (Phi) is 4.81. The van der Waals surface area contributed by atoms with Gasteiger partial charge in [-0.15, -0.1) is 5.10 Å². The fraction of sp³-hybridized carbons (Fsp3) is 0.125. The molecule has 0 saturated carbocycles. The molecule has 0 unspecified atom stereocenters. The molecular weight excluding hydrogens is 333 g/mol. The molecule has 0 bridgehead atoms. The minimum absolute atomic E-state index is 0.0227. The summed E-state index contributed by atoms with van der Waals surface area (Å²) in [6.45, 7) is 0.433. The van der Waals surface area contributed by atoms with E-state index in [9.17, 15) is 9.18 Å². The Balaban J connectivity index is 1.64. The van der Waals surface area contributed by atoms with Gasteiger partial charge < -0.3 is 5.32 Å². The maximum Gasteiger partial charge on any atom is 0.273 e. The van der Waals surface area contributed by atoms with Crippen LogP contribution in [0.4, 0.5) is 4.39 Å². The number of halogens is 2. The first-order valence-corrected chi connectivity index (χ1v) is 7.57. The third kappa shape index (κ3) is 3.57. The van der Waals surface area contributed by atoms with Crippen LogP contribution in [0.25, 0.3) is 5.69 Å². The van der Waals surface area contributed by atoms with Gasteiger partial charge in [-0.1, -0.05) is 28.9 Å². The van der Waals surface area contributed by atoms with E-state index in [1.54, 1.807) is 18.5 Å². The van der Waals surface area contributed by atoms with E-state index in [-0.39, 0.29) is 22.3 Å². The molecular formula is C16H13ClFN5O. The lowest BCUT2D eigenvalue weighted by atomic mass is 10.2. The van der Waals surface area contributed by atoms with E-state index < -0.39 is 5.82 Å². The number of benzene rings is 1. The molecule has 0 aliphatic rings. The van der Waals surface area contributed by atoms with Crippen LogP contribution in [0.2, 0.25) is 5.02 Å². The summed E-state index contributed by atoms with van der Waals surface area (Å²) in [5.74, 6) is -1.000. The van der Waals surface area contributed by atoms with Crippen LogP contribution in [0, 0.1) is 5.82 Å². The van der Waals surface area contributed by atoms with Crippen molar-refractivity contribution in [1.29, 1.82) is 0 Å². The van der Waals surface area contributed by atoms with Crippen LogP contribution in [0.15, 0.2) is 48.9 Å². The lowest BCUT2D eigenvalue weighted by molar-refractivity contribution is 0.0949. The van der Waals surface area contributed by atoms with E-state index in [0.717, 1.165) is 5.56 Å². The minimum Gasteiger partial charge on any atom is -0.350 e. The zero-order valence-corrected chi connectivity index (χ0v) is 13.2. The largest absolute Gasteiger partial charge is 0.350 e. The molecule has 0 radical (unpaired) electrons. The number of amides is 1. The van der Waals surface area contributed by atoms with Gasteiger partial charge in [0.25, 0.3) is 5.91 Å². The number of aromatic nitrogens is 4. The van der Waals surface area contributed by atoms with Crippen LogP contribution in [0.3, 0.4) is 0 Å². The van der Waals surface area contributed by atoms with Gasteiger partial charge >= 0.3 is 0 Å². The smallest absolute Gasteiger partial charge is 0.273 e. The lowest BCUT2D eigenvalue weighted by Gasteiger charge is -2.03. The van der Waals surface area contributed by atoms with Crippen molar-refractivity contribution in [3.05, 3.63) is 71.0 Å². The van der Waals surface area contributed by atoms with E-state index >= 15 is 0 Å². The van der Waals surface area contributed by atoms with Crippen molar-refractivity contribution in [2.75, 3.05) is 6.54 Å². The number of carbonyl (C=O) groups is 1. The summed E-state index contributed by atoms with van der Waals surface area (Å²) in [7, 11) is 0. The van der Waals surface area contributed by atoms with E-state index in [0.29, 0.717) is 13.0 Å². The summed E-state index contributed by atoms with van der Waals surface area (Å²) in [5, 5.41) is 10.3. The van der Waals surface area contributed by atoms with E-state index in [2.05, 4.69) is 20.6 Å². The van der Waals surface area contributed by atoms with Crippen LogP contribution < -0.4 is 5.32 Å². The molecule has 0 aliphatic carbocycles. The number of nitrogens with zero attached hydrogens (tertiary/aromatic N) is 4. The van der Waals surface area contributed by atoms with Crippen molar-refractivity contribution in [2.45, 2.75) is 6.42 Å². The summed E-state index contributed by atoms with van der Waals surface area (Å²) in [5.41, 5.74) is 1.24. The summed E-state index contributed by atoms with van der Waals surface area (Å²) in [6.07, 6.45) is 5.44. The highest BCUT2D eigenvalue weighted by Crippen LogP contribution is 2.20. The van der Waals surface area contributed by atoms with Crippen molar-refractivity contribution in [3.8, 4) is 5.69 Å². The Labute approximate surface area is 142 Å². The predicted octanol–water partition coefficient (Wildman–Crippen LogP) is 2.43. The summed E-state index contributed by atoms with van der Waals surface area (Å²) in [4.78, 5) is 16.1. The third-order valence-corrected chi connectivity index (χ3v) is 3.62. The van der Waals surface area contributed by atoms with Crippen molar-refractivity contribution in [2.24, 2.45) is 0 Å². The van der Waals surface area contributed by atoms with Crippen LogP contribution in [-0.2, 0) is 6.42 Å². The highest BCUT2D eigenvalue weighted by atomic mass is 35.5. The molecule has 122 valence electrons. The second kappa shape index (κ2) is 7.18. The average molecular weight is 346 g/mol. The number of hydrogen-bond donors (Lipinski definition) is 1. The first kappa shape index (κ1) is 16.1. The van der Waals surface area contributed by atoms with Gasteiger partial charge in [0.15, 0.2) is 11.5 Å². The molecule has 2 aromatic heterocycles. The maximum atomic E-state index is 14.0. The SMILES string of the molecule is O=C(NCCc1cccnc1)c1cn(-c2cccc(Cl)c2F)nn1. The second-order valence-corrected chi connectivity index (χ2v) is 5.40. The van der Waals surface area contributed by atoms with E-state index in [4.69, 9.17) is 11.6 Å². The number of rotatable bonds is 5. The quantitative estimate of drug-likeness (QED) is 0.770. The van der Waals surface area contributed by atoms with Crippen LogP contribution >= 0.6 is 11.6 Å². The molecule has 2 heterocycles. The third-order valence-electron chi connectivity index (χ3n) is 3.33. The van der Waals surface area contributed by atoms with Crippen molar-refractivity contribution in [3.63, 3.8) is 0 Å². The summed E-state index contributed by atoms with van der Waals surface area (Å²) in [6, 6.07) is 8.29. The molecule has 3 aromatic rings. The number of carbonyl (C=O) groups excluding carboxylic acids is 1. The normalized spacial score (nSPS) is 10.6. The Bertz CT molecular complexity index is 853. The molecule has 0 spiro atoms. The van der Waals surface area contributed by atoms with Gasteiger partial charge in [0.05, 0.1) is 11.2 Å². The Morgan fingerprint density at radius 3 is 2.96 bits per heavy atom. The van der Waals surface area contributed by atoms with Gasteiger partial charge in [-0.05, 0) is 30.2 Å². The Morgan fingerprint density at radius 1 is 1.29 bits per heavy atom. The molecule has 1 aromatic carbocycles.